The van der Waals surface area contributed by atoms with Crippen LogP contribution in [0.5, 0.6) is 0 Å². The largest absolute Gasteiger partial charge is 0.456 e. The first-order valence-corrected chi connectivity index (χ1v) is 5.46. The van der Waals surface area contributed by atoms with Crippen LogP contribution in [0.15, 0.2) is 0 Å². The quantitative estimate of drug-likeness (QED) is 0.637. The highest BCUT2D eigenvalue weighted by Gasteiger charge is 2.18. The van der Waals surface area contributed by atoms with E-state index in [2.05, 4.69) is 5.73 Å². The first-order valence-electron chi connectivity index (χ1n) is 4.07. The van der Waals surface area contributed by atoms with E-state index in [-0.39, 0.29) is 18.1 Å². The molecule has 0 spiro atoms. The maximum Gasteiger partial charge on any atom is 0.303 e. The first-order chi connectivity index (χ1) is 5.57. The third kappa shape index (κ3) is 5.43. The van der Waals surface area contributed by atoms with E-state index in [0.29, 0.717) is 0 Å². The van der Waals surface area contributed by atoms with E-state index >= 15 is 0 Å². The van der Waals surface area contributed by atoms with Crippen LogP contribution in [0.2, 0.25) is 0 Å². The van der Waals surface area contributed by atoms with Crippen molar-refractivity contribution in [3.05, 3.63) is 0 Å². The molecule has 12 heavy (non-hydrogen) atoms. The summed E-state index contributed by atoms with van der Waals surface area (Å²) in [6.07, 6.45) is 2.92. The van der Waals surface area contributed by atoms with Gasteiger partial charge in [-0.2, -0.15) is 11.8 Å². The SMILES string of the molecule is CSCCC(OC(C)=O)C(C)[NH3+]. The fraction of sp³-hybridized carbons (Fsp3) is 0.875. The van der Waals surface area contributed by atoms with Crippen molar-refractivity contribution in [1.29, 1.82) is 0 Å². The normalized spacial score (nSPS) is 15.3. The monoisotopic (exact) mass is 192 g/mol. The van der Waals surface area contributed by atoms with E-state index in [9.17, 15) is 4.79 Å². The number of thioether (sulfide) groups is 1. The Morgan fingerprint density at radius 1 is 1.67 bits per heavy atom. The van der Waals surface area contributed by atoms with Gasteiger partial charge in [-0.1, -0.05) is 0 Å². The van der Waals surface area contributed by atoms with Gasteiger partial charge >= 0.3 is 5.97 Å². The van der Waals surface area contributed by atoms with Crippen molar-refractivity contribution < 1.29 is 15.3 Å². The van der Waals surface area contributed by atoms with Crippen LogP contribution in [0.3, 0.4) is 0 Å². The Morgan fingerprint density at radius 3 is 2.58 bits per heavy atom. The van der Waals surface area contributed by atoms with E-state index in [4.69, 9.17) is 4.74 Å². The van der Waals surface area contributed by atoms with Crippen LogP contribution >= 0.6 is 11.8 Å². The van der Waals surface area contributed by atoms with Gasteiger partial charge in [-0.3, -0.25) is 4.79 Å². The van der Waals surface area contributed by atoms with Crippen LogP contribution in [0.25, 0.3) is 0 Å². The maximum absolute atomic E-state index is 10.7. The minimum absolute atomic E-state index is 0.0186. The average Bonchev–Trinajstić information content (AvgIpc) is 1.96. The smallest absolute Gasteiger partial charge is 0.303 e. The second kappa shape index (κ2) is 6.31. The Labute approximate surface area is 78.0 Å². The molecule has 0 aliphatic rings. The summed E-state index contributed by atoms with van der Waals surface area (Å²) < 4.78 is 5.10. The molecule has 0 aromatic rings. The Bertz CT molecular complexity index is 139. The summed E-state index contributed by atoms with van der Waals surface area (Å²) in [4.78, 5) is 10.7. The topological polar surface area (TPSA) is 53.9 Å². The van der Waals surface area contributed by atoms with Crippen molar-refractivity contribution in [2.45, 2.75) is 32.4 Å². The van der Waals surface area contributed by atoms with Crippen LogP contribution < -0.4 is 5.73 Å². The molecule has 0 rings (SSSR count). The summed E-state index contributed by atoms with van der Waals surface area (Å²) in [6, 6.07) is 0.168. The second-order valence-corrected chi connectivity index (χ2v) is 3.89. The summed E-state index contributed by atoms with van der Waals surface area (Å²) >= 11 is 1.76. The molecule has 3 N–H and O–H groups in total. The Hall–Kier alpha value is -0.220. The minimum Gasteiger partial charge on any atom is -0.456 e. The van der Waals surface area contributed by atoms with Crippen molar-refractivity contribution in [2.75, 3.05) is 12.0 Å². The van der Waals surface area contributed by atoms with E-state index in [1.165, 1.54) is 6.92 Å². The van der Waals surface area contributed by atoms with Crippen LogP contribution in [0, 0.1) is 0 Å². The Balaban J connectivity index is 3.78. The molecule has 0 fully saturated rings. The molecule has 72 valence electrons. The Morgan fingerprint density at radius 2 is 2.25 bits per heavy atom. The van der Waals surface area contributed by atoms with Gasteiger partial charge in [0.15, 0.2) is 6.10 Å². The molecule has 0 bridgehead atoms. The molecule has 3 nitrogen and oxygen atoms in total. The lowest BCUT2D eigenvalue weighted by molar-refractivity contribution is -0.431. The minimum atomic E-state index is -0.211. The van der Waals surface area contributed by atoms with Crippen LogP contribution in [0.4, 0.5) is 0 Å². The fourth-order valence-electron chi connectivity index (χ4n) is 0.907. The van der Waals surface area contributed by atoms with E-state index in [1.807, 2.05) is 13.2 Å². The number of hydrogen-bond acceptors (Lipinski definition) is 3. The van der Waals surface area contributed by atoms with E-state index in [0.717, 1.165) is 12.2 Å². The summed E-state index contributed by atoms with van der Waals surface area (Å²) in [7, 11) is 0. The van der Waals surface area contributed by atoms with Gasteiger partial charge in [0.2, 0.25) is 0 Å². The van der Waals surface area contributed by atoms with Gasteiger partial charge in [-0.15, -0.1) is 0 Å². The zero-order valence-corrected chi connectivity index (χ0v) is 8.82. The van der Waals surface area contributed by atoms with Crippen LogP contribution in [0.1, 0.15) is 20.3 Å². The standard InChI is InChI=1S/C8H17NO2S/c1-6(9)8(4-5-12-3)11-7(2)10/h6,8H,4-5,9H2,1-3H3/p+1. The van der Waals surface area contributed by atoms with Crippen molar-refractivity contribution >= 4 is 17.7 Å². The van der Waals surface area contributed by atoms with Gasteiger partial charge in [-0.05, 0) is 25.4 Å². The lowest BCUT2D eigenvalue weighted by Gasteiger charge is -2.17. The van der Waals surface area contributed by atoms with Gasteiger partial charge < -0.3 is 10.5 Å². The molecule has 0 radical (unpaired) electrons. The van der Waals surface area contributed by atoms with Gasteiger partial charge in [0, 0.05) is 6.92 Å². The van der Waals surface area contributed by atoms with Gasteiger partial charge in [0.1, 0.15) is 6.04 Å². The Kier molecular flexibility index (Phi) is 6.20. The second-order valence-electron chi connectivity index (χ2n) is 2.91. The highest BCUT2D eigenvalue weighted by molar-refractivity contribution is 7.98. The molecule has 4 heteroatoms. The molecule has 0 aliphatic heterocycles. The molecule has 0 aromatic carbocycles. The molecule has 0 saturated carbocycles. The zero-order chi connectivity index (χ0) is 9.56. The highest BCUT2D eigenvalue weighted by Crippen LogP contribution is 2.06. The third-order valence-electron chi connectivity index (χ3n) is 1.56. The van der Waals surface area contributed by atoms with E-state index < -0.39 is 0 Å². The van der Waals surface area contributed by atoms with Crippen LogP contribution in [-0.2, 0) is 9.53 Å². The summed E-state index contributed by atoms with van der Waals surface area (Å²) in [6.45, 7) is 3.41. The zero-order valence-electron chi connectivity index (χ0n) is 8.00. The fourth-order valence-corrected chi connectivity index (χ4v) is 1.37. The number of ether oxygens (including phenoxy) is 1. The van der Waals surface area contributed by atoms with Crippen molar-refractivity contribution in [1.82, 2.24) is 0 Å². The molecule has 2 atom stereocenters. The highest BCUT2D eigenvalue weighted by atomic mass is 32.2. The van der Waals surface area contributed by atoms with Crippen molar-refractivity contribution in [3.8, 4) is 0 Å². The van der Waals surface area contributed by atoms with Crippen molar-refractivity contribution in [3.63, 3.8) is 0 Å². The molecule has 0 aromatic heterocycles. The molecule has 0 heterocycles. The van der Waals surface area contributed by atoms with Gasteiger partial charge in [0.05, 0.1) is 0 Å². The number of carbonyl (C=O) groups excluding carboxylic acids is 1. The molecule has 0 amide bonds. The summed E-state index contributed by atoms with van der Waals surface area (Å²) in [5.41, 5.74) is 3.86. The molecule has 0 aliphatic carbocycles. The molecule has 2 unspecified atom stereocenters. The molecular weight excluding hydrogens is 174 g/mol. The predicted molar refractivity (Wildman–Crippen MR) is 50.9 cm³/mol. The van der Waals surface area contributed by atoms with Gasteiger partial charge in [-0.25, -0.2) is 0 Å². The lowest BCUT2D eigenvalue weighted by atomic mass is 10.1. The summed E-state index contributed by atoms with van der Waals surface area (Å²) in [5.74, 6) is 0.800. The number of esters is 1. The van der Waals surface area contributed by atoms with E-state index in [1.54, 1.807) is 11.8 Å². The lowest BCUT2D eigenvalue weighted by Crippen LogP contribution is -2.65. The van der Waals surface area contributed by atoms with Gasteiger partial charge in [0.25, 0.3) is 0 Å². The maximum atomic E-state index is 10.7. The number of rotatable bonds is 5. The predicted octanol–water partition coefficient (Wildman–Crippen LogP) is 0.302. The molecule has 0 saturated heterocycles. The average molecular weight is 192 g/mol. The van der Waals surface area contributed by atoms with Crippen molar-refractivity contribution in [2.24, 2.45) is 0 Å². The number of carbonyl (C=O) groups is 1. The number of hydrogen-bond donors (Lipinski definition) is 1. The van der Waals surface area contributed by atoms with Crippen LogP contribution in [-0.4, -0.2) is 30.1 Å². The third-order valence-corrected chi connectivity index (χ3v) is 2.20. The first kappa shape index (κ1) is 11.8. The summed E-state index contributed by atoms with van der Waals surface area (Å²) in [5, 5.41) is 0. The molecular formula is C8H18NO2S+. The number of quaternary nitrogens is 1.